The molecular weight excluding hydrogens is 495 g/mol. The average Bonchev–Trinajstić information content (AvgIpc) is 3.16. The molecule has 2 N–H and O–H groups in total. The molecule has 1 aliphatic rings. The highest BCUT2D eigenvalue weighted by atomic mass is 127. The maximum absolute atomic E-state index is 12.1. The number of rotatable bonds is 6. The lowest BCUT2D eigenvalue weighted by atomic mass is 10.1. The molecule has 3 aromatic rings. The molecule has 0 radical (unpaired) electrons. The first-order valence-corrected chi connectivity index (χ1v) is 10.9. The van der Waals surface area contributed by atoms with E-state index in [4.69, 9.17) is 4.74 Å². The van der Waals surface area contributed by atoms with Crippen LogP contribution in [0.1, 0.15) is 24.0 Å². The maximum atomic E-state index is 12.1. The molecule has 156 valence electrons. The smallest absolute Gasteiger partial charge is 0.258 e. The number of nitrogens with one attached hydrogen (secondary N) is 1. The Morgan fingerprint density at radius 3 is 3.00 bits per heavy atom. The van der Waals surface area contributed by atoms with Crippen molar-refractivity contribution < 1.29 is 9.84 Å². The van der Waals surface area contributed by atoms with E-state index in [2.05, 4.69) is 42.5 Å². The van der Waals surface area contributed by atoms with Gasteiger partial charge in [-0.05, 0) is 71.8 Å². The Labute approximate surface area is 188 Å². The van der Waals surface area contributed by atoms with Crippen LogP contribution in [0.25, 0.3) is 10.8 Å². The van der Waals surface area contributed by atoms with Crippen LogP contribution in [0.15, 0.2) is 46.3 Å². The zero-order chi connectivity index (χ0) is 21.1. The lowest BCUT2D eigenvalue weighted by Crippen LogP contribution is -2.32. The number of H-pyrrole nitrogens is 1. The number of ether oxygens (including phenoxy) is 1. The lowest BCUT2D eigenvalue weighted by Gasteiger charge is -2.23. The Kier molecular flexibility index (Phi) is 6.45. The number of fused-ring (bicyclic) bond motifs is 1. The predicted octanol–water partition coefficient (Wildman–Crippen LogP) is 3.59. The third-order valence-electron chi connectivity index (χ3n) is 5.38. The number of aromatic amines is 1. The van der Waals surface area contributed by atoms with E-state index in [1.54, 1.807) is 19.4 Å². The van der Waals surface area contributed by atoms with Crippen molar-refractivity contribution in [1.82, 2.24) is 14.9 Å². The van der Waals surface area contributed by atoms with Crippen molar-refractivity contribution >= 4 is 45.4 Å². The van der Waals surface area contributed by atoms with Gasteiger partial charge in [-0.3, -0.25) is 14.7 Å². The SMILES string of the molecule is COC[C@@H]1CCCN1Cc1ccc(N=Cc2c(O)[nH]c(=O)c3ccc(I)cc23)nc1. The van der Waals surface area contributed by atoms with E-state index >= 15 is 0 Å². The van der Waals surface area contributed by atoms with Crippen LogP contribution in [0.2, 0.25) is 0 Å². The van der Waals surface area contributed by atoms with Crippen LogP contribution in [-0.4, -0.2) is 52.5 Å². The van der Waals surface area contributed by atoms with E-state index in [0.717, 1.165) is 28.8 Å². The van der Waals surface area contributed by atoms with E-state index in [1.807, 2.05) is 30.5 Å². The first-order valence-electron chi connectivity index (χ1n) is 9.81. The molecule has 8 heteroatoms. The normalized spacial score (nSPS) is 17.3. The molecule has 1 atom stereocenters. The van der Waals surface area contributed by atoms with E-state index in [0.29, 0.717) is 28.2 Å². The molecule has 0 bridgehead atoms. The summed E-state index contributed by atoms with van der Waals surface area (Å²) in [6.45, 7) is 2.67. The molecule has 1 fully saturated rings. The minimum Gasteiger partial charge on any atom is -0.494 e. The molecule has 7 nitrogen and oxygen atoms in total. The van der Waals surface area contributed by atoms with Gasteiger partial charge in [-0.2, -0.15) is 0 Å². The van der Waals surface area contributed by atoms with Gasteiger partial charge in [0.05, 0.1) is 12.2 Å². The van der Waals surface area contributed by atoms with Crippen molar-refractivity contribution in [1.29, 1.82) is 0 Å². The average molecular weight is 518 g/mol. The van der Waals surface area contributed by atoms with Gasteiger partial charge in [-0.25, -0.2) is 9.98 Å². The van der Waals surface area contributed by atoms with Gasteiger partial charge in [0.2, 0.25) is 5.88 Å². The monoisotopic (exact) mass is 518 g/mol. The number of aliphatic imine (C=N–C) groups is 1. The molecule has 1 saturated heterocycles. The van der Waals surface area contributed by atoms with Gasteiger partial charge >= 0.3 is 0 Å². The summed E-state index contributed by atoms with van der Waals surface area (Å²) in [5, 5.41) is 11.4. The van der Waals surface area contributed by atoms with E-state index < -0.39 is 0 Å². The third kappa shape index (κ3) is 4.55. The summed E-state index contributed by atoms with van der Waals surface area (Å²) >= 11 is 2.18. The lowest BCUT2D eigenvalue weighted by molar-refractivity contribution is 0.112. The topological polar surface area (TPSA) is 90.8 Å². The number of nitrogens with zero attached hydrogens (tertiary/aromatic N) is 3. The summed E-state index contributed by atoms with van der Waals surface area (Å²) in [4.78, 5) is 25.8. The van der Waals surface area contributed by atoms with Crippen LogP contribution in [0.4, 0.5) is 5.82 Å². The number of aromatic hydroxyl groups is 1. The highest BCUT2D eigenvalue weighted by Crippen LogP contribution is 2.24. The fraction of sp³-hybridized carbons (Fsp3) is 0.318. The minimum atomic E-state index is -0.327. The van der Waals surface area contributed by atoms with Crippen molar-refractivity contribution in [3.8, 4) is 5.88 Å². The minimum absolute atomic E-state index is 0.201. The summed E-state index contributed by atoms with van der Waals surface area (Å²) < 4.78 is 6.29. The van der Waals surface area contributed by atoms with Gasteiger partial charge < -0.3 is 9.84 Å². The molecule has 4 rings (SSSR count). The molecule has 0 spiro atoms. The Hall–Kier alpha value is -2.30. The molecule has 2 aromatic heterocycles. The van der Waals surface area contributed by atoms with Crippen LogP contribution in [-0.2, 0) is 11.3 Å². The van der Waals surface area contributed by atoms with E-state index in [9.17, 15) is 9.90 Å². The van der Waals surface area contributed by atoms with Crippen molar-refractivity contribution in [3.05, 3.63) is 61.6 Å². The molecule has 0 unspecified atom stereocenters. The fourth-order valence-electron chi connectivity index (χ4n) is 3.87. The van der Waals surface area contributed by atoms with Crippen LogP contribution in [0, 0.1) is 3.57 Å². The number of methoxy groups -OCH3 is 1. The zero-order valence-corrected chi connectivity index (χ0v) is 18.8. The summed E-state index contributed by atoms with van der Waals surface area (Å²) in [5.41, 5.74) is 1.27. The largest absolute Gasteiger partial charge is 0.494 e. The van der Waals surface area contributed by atoms with E-state index in [1.165, 1.54) is 12.8 Å². The highest BCUT2D eigenvalue weighted by molar-refractivity contribution is 14.1. The van der Waals surface area contributed by atoms with E-state index in [-0.39, 0.29) is 11.4 Å². The second-order valence-electron chi connectivity index (χ2n) is 7.41. The number of hydrogen-bond donors (Lipinski definition) is 2. The van der Waals surface area contributed by atoms with Gasteiger partial charge in [0.25, 0.3) is 5.56 Å². The zero-order valence-electron chi connectivity index (χ0n) is 16.6. The maximum Gasteiger partial charge on any atom is 0.258 e. The molecule has 1 aromatic carbocycles. The number of pyridine rings is 2. The summed E-state index contributed by atoms with van der Waals surface area (Å²) in [6.07, 6.45) is 5.74. The Bertz CT molecular complexity index is 1130. The molecule has 0 amide bonds. The first-order chi connectivity index (χ1) is 14.5. The number of halogens is 1. The standard InChI is InChI=1S/C22H23IN4O3/c1-30-13-16-3-2-8-27(16)12-14-4-7-20(24-10-14)25-11-19-18-9-15(23)5-6-17(18)21(28)26-22(19)29/h4-7,9-11,16H,2-3,8,12-13H2,1H3,(H2,26,28,29)/t16-/m0/s1. The van der Waals surface area contributed by atoms with Crippen LogP contribution < -0.4 is 5.56 Å². The summed E-state index contributed by atoms with van der Waals surface area (Å²) in [7, 11) is 1.75. The third-order valence-corrected chi connectivity index (χ3v) is 6.05. The number of benzene rings is 1. The number of likely N-dealkylation sites (tertiary alicyclic amines) is 1. The summed E-state index contributed by atoms with van der Waals surface area (Å²) in [6, 6.07) is 9.81. The molecule has 0 saturated carbocycles. The quantitative estimate of drug-likeness (QED) is 0.385. The van der Waals surface area contributed by atoms with Crippen LogP contribution >= 0.6 is 22.6 Å². The van der Waals surface area contributed by atoms with Gasteiger partial charge in [0.15, 0.2) is 5.82 Å². The highest BCUT2D eigenvalue weighted by Gasteiger charge is 2.24. The number of hydrogen-bond acceptors (Lipinski definition) is 6. The second-order valence-corrected chi connectivity index (χ2v) is 8.66. The Morgan fingerprint density at radius 2 is 2.23 bits per heavy atom. The molecule has 0 aliphatic carbocycles. The molecular formula is C22H23IN4O3. The van der Waals surface area contributed by atoms with Crippen molar-refractivity contribution in [2.45, 2.75) is 25.4 Å². The van der Waals surface area contributed by atoms with Gasteiger partial charge in [-0.1, -0.05) is 6.07 Å². The van der Waals surface area contributed by atoms with Crippen LogP contribution in [0.3, 0.4) is 0 Å². The first kappa shape index (κ1) is 21.0. The number of aromatic nitrogens is 2. The Balaban J connectivity index is 1.54. The van der Waals surface area contributed by atoms with Crippen molar-refractivity contribution in [2.24, 2.45) is 4.99 Å². The van der Waals surface area contributed by atoms with Crippen LogP contribution in [0.5, 0.6) is 5.88 Å². The van der Waals surface area contributed by atoms with Gasteiger partial charge in [0, 0.05) is 46.5 Å². The fourth-order valence-corrected chi connectivity index (χ4v) is 4.37. The predicted molar refractivity (Wildman–Crippen MR) is 126 cm³/mol. The van der Waals surface area contributed by atoms with Crippen molar-refractivity contribution in [3.63, 3.8) is 0 Å². The second kappa shape index (κ2) is 9.23. The Morgan fingerprint density at radius 1 is 1.37 bits per heavy atom. The summed E-state index contributed by atoms with van der Waals surface area (Å²) in [5.74, 6) is 0.339. The molecule has 1 aliphatic heterocycles. The van der Waals surface area contributed by atoms with Gasteiger partial charge in [-0.15, -0.1) is 0 Å². The molecule has 3 heterocycles. The molecule has 30 heavy (non-hydrogen) atoms. The van der Waals surface area contributed by atoms with Gasteiger partial charge in [0.1, 0.15) is 0 Å². The van der Waals surface area contributed by atoms with Crippen molar-refractivity contribution in [2.75, 3.05) is 20.3 Å².